The van der Waals surface area contributed by atoms with Crippen LogP contribution in [0, 0.1) is 17.1 Å². The molecule has 10 heteroatoms. The van der Waals surface area contributed by atoms with Gasteiger partial charge in [-0.1, -0.05) is 12.1 Å². The van der Waals surface area contributed by atoms with Crippen molar-refractivity contribution in [2.45, 2.75) is 57.6 Å². The lowest BCUT2D eigenvalue weighted by atomic mass is 10.1. The number of nitriles is 1. The Morgan fingerprint density at radius 3 is 2.79 bits per heavy atom. The van der Waals surface area contributed by atoms with E-state index in [2.05, 4.69) is 14.4 Å². The van der Waals surface area contributed by atoms with Gasteiger partial charge in [0, 0.05) is 49.0 Å². The zero-order chi connectivity index (χ0) is 28.8. The molecule has 0 amide bonds. The van der Waals surface area contributed by atoms with Crippen LogP contribution in [0.3, 0.4) is 0 Å². The van der Waals surface area contributed by atoms with Crippen LogP contribution in [0.1, 0.15) is 47.1 Å². The molecule has 0 bridgehead atoms. The Balaban J connectivity index is 1.04. The summed E-state index contributed by atoms with van der Waals surface area (Å²) in [5.74, 6) is 1.88. The molecule has 2 unspecified atom stereocenters. The van der Waals surface area contributed by atoms with Crippen LogP contribution in [0.5, 0.6) is 5.88 Å². The maximum Gasteiger partial charge on any atom is 0.215 e. The second-order valence-corrected chi connectivity index (χ2v) is 11.3. The smallest absolute Gasteiger partial charge is 0.215 e. The molecule has 0 spiro atoms. The normalized spacial score (nSPS) is 21.5. The minimum atomic E-state index is -0.463. The Morgan fingerprint density at radius 1 is 1.14 bits per heavy atom. The second kappa shape index (κ2) is 10.8. The van der Waals surface area contributed by atoms with Crippen molar-refractivity contribution in [2.75, 3.05) is 24.6 Å². The summed E-state index contributed by atoms with van der Waals surface area (Å²) in [7, 11) is 0. The summed E-state index contributed by atoms with van der Waals surface area (Å²) in [6, 6.07) is 18.5. The number of fused-ring (bicyclic) bond motifs is 2. The van der Waals surface area contributed by atoms with Gasteiger partial charge in [-0.05, 0) is 56.2 Å². The summed E-state index contributed by atoms with van der Waals surface area (Å²) in [5, 5.41) is 8.96. The first-order chi connectivity index (χ1) is 20.5. The van der Waals surface area contributed by atoms with Gasteiger partial charge in [-0.3, -0.25) is 9.69 Å². The summed E-state index contributed by atoms with van der Waals surface area (Å²) in [5.41, 5.74) is 3.25. The molecule has 3 fully saturated rings. The average molecular weight is 567 g/mol. The predicted molar refractivity (Wildman–Crippen MR) is 154 cm³/mol. The molecule has 3 atom stereocenters. The van der Waals surface area contributed by atoms with Gasteiger partial charge < -0.3 is 18.9 Å². The fourth-order valence-electron chi connectivity index (χ4n) is 6.00. The maximum atomic E-state index is 14.3. The molecule has 2 aromatic carbocycles. The SMILES string of the molecule is CC(=O)c1ccc2nc(CN3CCN(c4cccc(OCc5ccc(C#N)cc5F)n4)C4CC43)n(C[C@@H]3CCO3)c2c1. The lowest BCUT2D eigenvalue weighted by Crippen LogP contribution is -2.46. The van der Waals surface area contributed by atoms with Crippen LogP contribution in [0.15, 0.2) is 54.6 Å². The fourth-order valence-corrected chi connectivity index (χ4v) is 6.00. The summed E-state index contributed by atoms with van der Waals surface area (Å²) in [6.45, 7) is 5.59. The van der Waals surface area contributed by atoms with Crippen molar-refractivity contribution in [3.63, 3.8) is 0 Å². The first kappa shape index (κ1) is 26.6. The molecule has 9 nitrogen and oxygen atoms in total. The molecule has 2 aromatic heterocycles. The molecule has 2 saturated heterocycles. The van der Waals surface area contributed by atoms with E-state index in [0.29, 0.717) is 29.1 Å². The summed E-state index contributed by atoms with van der Waals surface area (Å²) in [4.78, 5) is 26.6. The molecule has 4 aromatic rings. The number of Topliss-reactive ketones (excluding diaryl/α,β-unsaturated/α-hetero) is 1. The number of hydrogen-bond donors (Lipinski definition) is 0. The Kier molecular flexibility index (Phi) is 6.84. The van der Waals surface area contributed by atoms with Gasteiger partial charge in [0.2, 0.25) is 5.88 Å². The summed E-state index contributed by atoms with van der Waals surface area (Å²) in [6.07, 6.45) is 2.26. The molecular formula is C32H31FN6O3. The van der Waals surface area contributed by atoms with Crippen LogP contribution < -0.4 is 9.64 Å². The van der Waals surface area contributed by atoms with E-state index in [1.54, 1.807) is 25.1 Å². The highest BCUT2D eigenvalue weighted by Gasteiger charge is 2.49. The quantitative estimate of drug-likeness (QED) is 0.274. The Labute approximate surface area is 243 Å². The van der Waals surface area contributed by atoms with Crippen LogP contribution in [-0.2, 0) is 24.4 Å². The van der Waals surface area contributed by atoms with Gasteiger partial charge in [-0.25, -0.2) is 9.37 Å². The number of piperazine rings is 1. The van der Waals surface area contributed by atoms with Crippen molar-refractivity contribution in [2.24, 2.45) is 0 Å². The molecule has 2 aliphatic heterocycles. The number of hydrogen-bond acceptors (Lipinski definition) is 8. The molecule has 1 saturated carbocycles. The van der Waals surface area contributed by atoms with E-state index < -0.39 is 5.82 Å². The Bertz CT molecular complexity index is 1710. The molecule has 42 heavy (non-hydrogen) atoms. The zero-order valence-electron chi connectivity index (χ0n) is 23.4. The van der Waals surface area contributed by atoms with Gasteiger partial charge in [-0.2, -0.15) is 10.2 Å². The average Bonchev–Trinajstić information content (AvgIpc) is 3.71. The van der Waals surface area contributed by atoms with E-state index in [0.717, 1.165) is 68.3 Å². The van der Waals surface area contributed by atoms with E-state index in [4.69, 9.17) is 24.7 Å². The number of halogens is 1. The first-order valence-electron chi connectivity index (χ1n) is 14.4. The van der Waals surface area contributed by atoms with Crippen molar-refractivity contribution in [1.29, 1.82) is 5.26 Å². The number of anilines is 1. The highest BCUT2D eigenvalue weighted by molar-refractivity contribution is 5.97. The van der Waals surface area contributed by atoms with E-state index in [-0.39, 0.29) is 24.1 Å². The van der Waals surface area contributed by atoms with E-state index >= 15 is 0 Å². The van der Waals surface area contributed by atoms with Crippen LogP contribution in [0.2, 0.25) is 0 Å². The van der Waals surface area contributed by atoms with Gasteiger partial charge in [0.15, 0.2) is 5.78 Å². The van der Waals surface area contributed by atoms with Gasteiger partial charge in [-0.15, -0.1) is 0 Å². The van der Waals surface area contributed by atoms with Crippen LogP contribution in [0.4, 0.5) is 10.2 Å². The largest absolute Gasteiger partial charge is 0.473 e. The van der Waals surface area contributed by atoms with Gasteiger partial charge >= 0.3 is 0 Å². The van der Waals surface area contributed by atoms with Gasteiger partial charge in [0.1, 0.15) is 24.1 Å². The van der Waals surface area contributed by atoms with Crippen molar-refractivity contribution < 1.29 is 18.7 Å². The number of nitrogens with zero attached hydrogens (tertiary/aromatic N) is 6. The minimum Gasteiger partial charge on any atom is -0.473 e. The third-order valence-corrected chi connectivity index (χ3v) is 8.54. The number of carbonyl (C=O) groups is 1. The third-order valence-electron chi connectivity index (χ3n) is 8.54. The van der Waals surface area contributed by atoms with Crippen LogP contribution in [0.25, 0.3) is 11.0 Å². The Hall–Kier alpha value is -4.33. The second-order valence-electron chi connectivity index (χ2n) is 11.3. The number of rotatable bonds is 9. The number of carbonyl (C=O) groups excluding carboxylic acids is 1. The maximum absolute atomic E-state index is 14.3. The Morgan fingerprint density at radius 2 is 2.02 bits per heavy atom. The standard InChI is InChI=1S/C32H31FN6O3/c1-20(40)22-7-8-26-27(14-22)39(17-24-9-12-41-24)31(35-26)18-37-10-11-38(29-15-28(29)37)30-3-2-4-32(36-30)42-19-23-6-5-21(16-34)13-25(23)33/h2-8,13-14,24,28-29H,9-12,15,17-19H2,1H3/t24-,28?,29?/m0/s1. The summed E-state index contributed by atoms with van der Waals surface area (Å²) >= 11 is 0. The molecule has 214 valence electrons. The number of pyridine rings is 1. The first-order valence-corrected chi connectivity index (χ1v) is 14.4. The number of ether oxygens (including phenoxy) is 2. The molecular weight excluding hydrogens is 535 g/mol. The molecule has 0 N–H and O–H groups in total. The van der Waals surface area contributed by atoms with Gasteiger partial charge in [0.25, 0.3) is 0 Å². The van der Waals surface area contributed by atoms with Crippen LogP contribution in [-0.4, -0.2) is 63.1 Å². The van der Waals surface area contributed by atoms with E-state index in [1.165, 1.54) is 6.07 Å². The topological polar surface area (TPSA) is 96.5 Å². The highest BCUT2D eigenvalue weighted by atomic mass is 19.1. The third kappa shape index (κ3) is 5.10. The van der Waals surface area contributed by atoms with E-state index in [9.17, 15) is 9.18 Å². The number of ketones is 1. The predicted octanol–water partition coefficient (Wildman–Crippen LogP) is 4.48. The van der Waals surface area contributed by atoms with Crippen LogP contribution >= 0.6 is 0 Å². The minimum absolute atomic E-state index is 0.0363. The van der Waals surface area contributed by atoms with Crippen molar-refractivity contribution in [1.82, 2.24) is 19.4 Å². The highest BCUT2D eigenvalue weighted by Crippen LogP contribution is 2.40. The molecule has 0 radical (unpaired) electrons. The monoisotopic (exact) mass is 566 g/mol. The summed E-state index contributed by atoms with van der Waals surface area (Å²) < 4.78 is 28.1. The molecule has 7 rings (SSSR count). The molecule has 1 aliphatic carbocycles. The number of benzene rings is 2. The van der Waals surface area contributed by atoms with Crippen molar-refractivity contribution in [3.8, 4) is 11.9 Å². The number of imidazole rings is 1. The lowest BCUT2D eigenvalue weighted by molar-refractivity contribution is -0.0592. The zero-order valence-corrected chi connectivity index (χ0v) is 23.4. The molecule has 3 aliphatic rings. The van der Waals surface area contributed by atoms with E-state index in [1.807, 2.05) is 36.4 Å². The fraction of sp³-hybridized carbons (Fsp3) is 0.375. The van der Waals surface area contributed by atoms with Gasteiger partial charge in [0.05, 0.1) is 41.9 Å². The molecule has 4 heterocycles. The lowest BCUT2D eigenvalue weighted by Gasteiger charge is -2.35. The number of aromatic nitrogens is 3. The van der Waals surface area contributed by atoms with Crippen molar-refractivity contribution in [3.05, 3.63) is 82.9 Å². The van der Waals surface area contributed by atoms with Crippen molar-refractivity contribution >= 4 is 22.6 Å².